The van der Waals surface area contributed by atoms with Crippen LogP contribution in [0.3, 0.4) is 0 Å². The first-order valence-corrected chi connectivity index (χ1v) is 6.55. The van der Waals surface area contributed by atoms with Crippen molar-refractivity contribution in [3.63, 3.8) is 0 Å². The van der Waals surface area contributed by atoms with Gasteiger partial charge in [-0.2, -0.15) is 0 Å². The fourth-order valence-electron chi connectivity index (χ4n) is 0.523. The number of nitrogens with two attached hydrogens (primary N) is 1. The molecule has 3 nitrogen and oxygen atoms in total. The van der Waals surface area contributed by atoms with Gasteiger partial charge in [0.1, 0.15) is 0 Å². The van der Waals surface area contributed by atoms with E-state index in [2.05, 4.69) is 11.9 Å². The Morgan fingerprint density at radius 2 is 2.08 bits per heavy atom. The molecule has 76 valence electrons. The van der Waals surface area contributed by atoms with Gasteiger partial charge in [0, 0.05) is 30.2 Å². The fourth-order valence-corrected chi connectivity index (χ4v) is 2.29. The van der Waals surface area contributed by atoms with Gasteiger partial charge in [-0.25, -0.2) is 0 Å². The van der Waals surface area contributed by atoms with Crippen molar-refractivity contribution in [1.82, 2.24) is 5.32 Å². The molecule has 0 bridgehead atoms. The molecular weight excluding hydrogens is 204 g/mol. The Balaban J connectivity index is 3.16. The summed E-state index contributed by atoms with van der Waals surface area (Å²) in [5.41, 5.74) is 5.87. The molecule has 0 rings (SSSR count). The molecule has 0 saturated heterocycles. The Kier molecular flexibility index (Phi) is 8.38. The molecule has 0 radical (unpaired) electrons. The van der Waals surface area contributed by atoms with Gasteiger partial charge in [0.2, 0.25) is 5.91 Å². The summed E-state index contributed by atoms with van der Waals surface area (Å²) < 4.78 is 0. The van der Waals surface area contributed by atoms with Crippen LogP contribution in [0.4, 0.5) is 0 Å². The first-order valence-electron chi connectivity index (χ1n) is 4.06. The predicted molar refractivity (Wildman–Crippen MR) is 61.8 cm³/mol. The van der Waals surface area contributed by atoms with Crippen molar-refractivity contribution >= 4 is 27.5 Å². The minimum Gasteiger partial charge on any atom is -0.351 e. The van der Waals surface area contributed by atoms with E-state index in [0.29, 0.717) is 18.7 Å². The van der Waals surface area contributed by atoms with E-state index in [1.807, 2.05) is 0 Å². The normalized spacial score (nSPS) is 9.69. The second-order valence-corrected chi connectivity index (χ2v) is 5.17. The van der Waals surface area contributed by atoms with Gasteiger partial charge < -0.3 is 11.1 Å². The molecule has 0 aromatic carbocycles. The summed E-state index contributed by atoms with van der Waals surface area (Å²) in [6, 6.07) is 0. The first-order chi connectivity index (χ1) is 6.18. The van der Waals surface area contributed by atoms with Crippen molar-refractivity contribution in [2.45, 2.75) is 6.92 Å². The number of hydrogen-bond acceptors (Lipinski definition) is 4. The number of nitrogens with one attached hydrogen (secondary N) is 1. The zero-order chi connectivity index (χ0) is 10.1. The average Bonchev–Trinajstić information content (AvgIpc) is 2.10. The zero-order valence-corrected chi connectivity index (χ0v) is 9.47. The molecular formula is C8H16N2OS2. The maximum atomic E-state index is 11.0. The average molecular weight is 220 g/mol. The van der Waals surface area contributed by atoms with Gasteiger partial charge in [0.05, 0.1) is 0 Å². The Morgan fingerprint density at radius 1 is 1.46 bits per heavy atom. The van der Waals surface area contributed by atoms with E-state index in [1.54, 1.807) is 28.5 Å². The van der Waals surface area contributed by atoms with Crippen LogP contribution in [-0.4, -0.2) is 30.5 Å². The molecule has 0 fully saturated rings. The highest BCUT2D eigenvalue weighted by molar-refractivity contribution is 8.76. The minimum atomic E-state index is -0.0653. The Labute approximate surface area is 87.3 Å². The number of rotatable bonds is 7. The zero-order valence-electron chi connectivity index (χ0n) is 7.84. The van der Waals surface area contributed by atoms with Gasteiger partial charge >= 0.3 is 0 Å². The van der Waals surface area contributed by atoms with Crippen molar-refractivity contribution in [2.75, 3.05) is 24.6 Å². The highest BCUT2D eigenvalue weighted by atomic mass is 33.1. The lowest BCUT2D eigenvalue weighted by molar-refractivity contribution is -0.117. The largest absolute Gasteiger partial charge is 0.351 e. The third-order valence-electron chi connectivity index (χ3n) is 1.14. The quantitative estimate of drug-likeness (QED) is 0.382. The Bertz CT molecular complexity index is 174. The maximum absolute atomic E-state index is 11.0. The van der Waals surface area contributed by atoms with Gasteiger partial charge in [0.15, 0.2) is 0 Å². The molecule has 5 heteroatoms. The smallest absolute Gasteiger partial charge is 0.246 e. The molecule has 0 aromatic rings. The summed E-state index contributed by atoms with van der Waals surface area (Å²) in [6.45, 7) is 6.64. The van der Waals surface area contributed by atoms with Crippen molar-refractivity contribution in [3.05, 3.63) is 12.2 Å². The van der Waals surface area contributed by atoms with Gasteiger partial charge in [-0.1, -0.05) is 28.2 Å². The number of carbonyl (C=O) groups excluding carboxylic acids is 1. The standard InChI is InChI=1S/C8H16N2OS2/c1-7(2)8(11)10-4-6-13-12-5-3-9/h1,3-6,9H2,2H3,(H,10,11). The Hall–Kier alpha value is -0.130. The summed E-state index contributed by atoms with van der Waals surface area (Å²) in [5, 5.41) is 2.76. The topological polar surface area (TPSA) is 55.1 Å². The number of hydrogen-bond donors (Lipinski definition) is 2. The third-order valence-corrected chi connectivity index (χ3v) is 3.58. The second-order valence-electron chi connectivity index (χ2n) is 2.47. The predicted octanol–water partition coefficient (Wildman–Crippen LogP) is 1.02. The molecule has 0 unspecified atom stereocenters. The van der Waals surface area contributed by atoms with Crippen LogP contribution >= 0.6 is 21.6 Å². The fraction of sp³-hybridized carbons (Fsp3) is 0.625. The van der Waals surface area contributed by atoms with Crippen LogP contribution in [0.5, 0.6) is 0 Å². The highest BCUT2D eigenvalue weighted by Crippen LogP contribution is 2.18. The van der Waals surface area contributed by atoms with Crippen LogP contribution in [0.1, 0.15) is 6.92 Å². The van der Waals surface area contributed by atoms with Crippen molar-refractivity contribution in [1.29, 1.82) is 0 Å². The van der Waals surface area contributed by atoms with Crippen LogP contribution in [0.2, 0.25) is 0 Å². The van der Waals surface area contributed by atoms with Gasteiger partial charge in [-0.05, 0) is 6.92 Å². The molecule has 0 aliphatic rings. The summed E-state index contributed by atoms with van der Waals surface area (Å²) in [4.78, 5) is 11.0. The minimum absolute atomic E-state index is 0.0653. The maximum Gasteiger partial charge on any atom is 0.246 e. The molecule has 0 saturated carbocycles. The lowest BCUT2D eigenvalue weighted by Gasteiger charge is -2.03. The molecule has 0 aliphatic carbocycles. The van der Waals surface area contributed by atoms with E-state index in [1.165, 1.54) is 0 Å². The Morgan fingerprint density at radius 3 is 2.62 bits per heavy atom. The van der Waals surface area contributed by atoms with Gasteiger partial charge in [-0.3, -0.25) is 4.79 Å². The SMILES string of the molecule is C=C(C)C(=O)NCCSSCCN. The number of carbonyl (C=O) groups is 1. The molecule has 1 amide bonds. The molecule has 3 N–H and O–H groups in total. The van der Waals surface area contributed by atoms with Crippen LogP contribution in [0.25, 0.3) is 0 Å². The van der Waals surface area contributed by atoms with Crippen molar-refractivity contribution < 1.29 is 4.79 Å². The molecule has 0 aliphatic heterocycles. The van der Waals surface area contributed by atoms with E-state index in [9.17, 15) is 4.79 Å². The van der Waals surface area contributed by atoms with Crippen molar-refractivity contribution in [2.24, 2.45) is 5.73 Å². The van der Waals surface area contributed by atoms with Gasteiger partial charge in [0.25, 0.3) is 0 Å². The van der Waals surface area contributed by atoms with Crippen LogP contribution in [0.15, 0.2) is 12.2 Å². The van der Waals surface area contributed by atoms with E-state index in [-0.39, 0.29) is 5.91 Å². The molecule has 0 aromatic heterocycles. The number of amides is 1. The van der Waals surface area contributed by atoms with Crippen LogP contribution in [-0.2, 0) is 4.79 Å². The van der Waals surface area contributed by atoms with E-state index in [4.69, 9.17) is 5.73 Å². The third kappa shape index (κ3) is 8.21. The van der Waals surface area contributed by atoms with Crippen LogP contribution < -0.4 is 11.1 Å². The summed E-state index contributed by atoms with van der Waals surface area (Å²) in [6.07, 6.45) is 0. The lowest BCUT2D eigenvalue weighted by Crippen LogP contribution is -2.25. The summed E-state index contributed by atoms with van der Waals surface area (Å²) in [7, 11) is 3.46. The second kappa shape index (κ2) is 8.47. The highest BCUT2D eigenvalue weighted by Gasteiger charge is 1.98. The van der Waals surface area contributed by atoms with E-state index >= 15 is 0 Å². The molecule has 0 heterocycles. The lowest BCUT2D eigenvalue weighted by atomic mass is 10.3. The summed E-state index contributed by atoms with van der Waals surface area (Å²) >= 11 is 0. The van der Waals surface area contributed by atoms with Crippen LogP contribution in [0, 0.1) is 0 Å². The van der Waals surface area contributed by atoms with Gasteiger partial charge in [-0.15, -0.1) is 0 Å². The first kappa shape index (κ1) is 12.9. The molecule has 13 heavy (non-hydrogen) atoms. The molecule has 0 spiro atoms. The molecule has 0 atom stereocenters. The van der Waals surface area contributed by atoms with Crippen molar-refractivity contribution in [3.8, 4) is 0 Å². The van der Waals surface area contributed by atoms with E-state index in [0.717, 1.165) is 11.5 Å². The monoisotopic (exact) mass is 220 g/mol. The summed E-state index contributed by atoms with van der Waals surface area (Å²) in [5.74, 6) is 1.80. The van der Waals surface area contributed by atoms with E-state index < -0.39 is 0 Å².